The van der Waals surface area contributed by atoms with Gasteiger partial charge < -0.3 is 4.42 Å². The van der Waals surface area contributed by atoms with Crippen LogP contribution in [0.1, 0.15) is 17.5 Å². The molecule has 0 fully saturated rings. The molecule has 0 atom stereocenters. The number of Topliss-reactive ketones (excluding diaryl/α,β-unsaturated/α-hetero) is 1. The van der Waals surface area contributed by atoms with Gasteiger partial charge in [0.1, 0.15) is 0 Å². The van der Waals surface area contributed by atoms with E-state index in [9.17, 15) is 4.79 Å². The first-order chi connectivity index (χ1) is 6.70. The van der Waals surface area contributed by atoms with Crippen LogP contribution in [-0.4, -0.2) is 18.3 Å². The summed E-state index contributed by atoms with van der Waals surface area (Å²) in [6.45, 7) is 1.83. The summed E-state index contributed by atoms with van der Waals surface area (Å²) in [5.41, 5.74) is 0.750. The lowest BCUT2D eigenvalue weighted by molar-refractivity contribution is 0.100. The molecular formula is C10H12O2S2. The highest BCUT2D eigenvalue weighted by Gasteiger charge is 2.14. The molecule has 0 aliphatic carbocycles. The molecule has 0 aliphatic heterocycles. The van der Waals surface area contributed by atoms with E-state index in [1.54, 1.807) is 35.7 Å². The quantitative estimate of drug-likeness (QED) is 0.583. The fourth-order valence-electron chi connectivity index (χ4n) is 1.07. The van der Waals surface area contributed by atoms with Crippen LogP contribution in [0.5, 0.6) is 0 Å². The topological polar surface area (TPSA) is 30.2 Å². The van der Waals surface area contributed by atoms with Crippen molar-refractivity contribution in [2.24, 2.45) is 0 Å². The summed E-state index contributed by atoms with van der Waals surface area (Å²) in [7, 11) is 0. The Hall–Kier alpha value is -0.610. The summed E-state index contributed by atoms with van der Waals surface area (Å²) in [4.78, 5) is 11.8. The predicted octanol–water partition coefficient (Wildman–Crippen LogP) is 3.42. The van der Waals surface area contributed by atoms with Crippen molar-refractivity contribution in [1.29, 1.82) is 0 Å². The van der Waals surface area contributed by atoms with E-state index >= 15 is 0 Å². The zero-order valence-electron chi connectivity index (χ0n) is 8.37. The molecule has 0 amide bonds. The van der Waals surface area contributed by atoms with Gasteiger partial charge >= 0.3 is 0 Å². The van der Waals surface area contributed by atoms with E-state index in [-0.39, 0.29) is 5.78 Å². The maximum atomic E-state index is 11.8. The molecule has 1 aromatic rings. The smallest absolute Gasteiger partial charge is 0.225 e. The lowest BCUT2D eigenvalue weighted by atomic mass is 10.2. The van der Waals surface area contributed by atoms with Crippen molar-refractivity contribution in [1.82, 2.24) is 0 Å². The third-order valence-corrected chi connectivity index (χ3v) is 4.12. The Labute approximate surface area is 92.1 Å². The van der Waals surface area contributed by atoms with Gasteiger partial charge in [0.05, 0.1) is 6.26 Å². The van der Waals surface area contributed by atoms with Crippen LogP contribution in [0.3, 0.4) is 0 Å². The lowest BCUT2D eigenvalue weighted by Crippen LogP contribution is -2.00. The Balaban J connectivity index is 2.95. The van der Waals surface area contributed by atoms with Gasteiger partial charge in [-0.05, 0) is 31.6 Å². The van der Waals surface area contributed by atoms with Gasteiger partial charge in [-0.2, -0.15) is 0 Å². The molecule has 76 valence electrons. The number of hydrogen-bond donors (Lipinski definition) is 0. The average Bonchev–Trinajstić information content (AvgIpc) is 2.71. The van der Waals surface area contributed by atoms with Crippen molar-refractivity contribution in [2.75, 3.05) is 12.5 Å². The van der Waals surface area contributed by atoms with Crippen LogP contribution in [0, 0.1) is 0 Å². The highest BCUT2D eigenvalue weighted by Crippen LogP contribution is 2.28. The zero-order valence-corrected chi connectivity index (χ0v) is 10.00. The van der Waals surface area contributed by atoms with Gasteiger partial charge in [0.2, 0.25) is 5.78 Å². The molecule has 0 spiro atoms. The van der Waals surface area contributed by atoms with Gasteiger partial charge in [0.25, 0.3) is 0 Å². The summed E-state index contributed by atoms with van der Waals surface area (Å²) < 4.78 is 6.09. The van der Waals surface area contributed by atoms with E-state index in [1.807, 2.05) is 19.4 Å². The molecule has 1 rings (SSSR count). The molecule has 0 unspecified atom stereocenters. The van der Waals surface area contributed by atoms with Crippen molar-refractivity contribution in [3.63, 3.8) is 0 Å². The molecule has 1 heterocycles. The third-order valence-electron chi connectivity index (χ3n) is 1.76. The van der Waals surface area contributed by atoms with E-state index in [0.29, 0.717) is 5.76 Å². The molecule has 0 saturated carbocycles. The van der Waals surface area contributed by atoms with Crippen LogP contribution in [0.4, 0.5) is 0 Å². The molecule has 0 saturated heterocycles. The van der Waals surface area contributed by atoms with Crippen LogP contribution in [-0.2, 0) is 0 Å². The number of allylic oxidation sites excluding steroid dienone is 1. The van der Waals surface area contributed by atoms with Crippen LogP contribution < -0.4 is 0 Å². The van der Waals surface area contributed by atoms with Crippen LogP contribution in [0.25, 0.3) is 0 Å². The fraction of sp³-hybridized carbons (Fsp3) is 0.300. The van der Waals surface area contributed by atoms with E-state index in [4.69, 9.17) is 4.42 Å². The Morgan fingerprint density at radius 2 is 2.00 bits per heavy atom. The predicted molar refractivity (Wildman–Crippen MR) is 62.8 cm³/mol. The van der Waals surface area contributed by atoms with Crippen LogP contribution in [0.15, 0.2) is 32.6 Å². The summed E-state index contributed by atoms with van der Waals surface area (Å²) in [6, 6.07) is 3.41. The Bertz CT molecular complexity index is 333. The highest BCUT2D eigenvalue weighted by molar-refractivity contribution is 8.21. The van der Waals surface area contributed by atoms with Gasteiger partial charge in [-0.1, -0.05) is 0 Å². The standard InChI is InChI=1S/C10H12O2S2/c1-7(10(13-2)14-3)9(11)8-5-4-6-12-8/h4-6H,1-3H3. The minimum absolute atomic E-state index is 0.0336. The molecule has 1 aromatic heterocycles. The maximum Gasteiger partial charge on any atom is 0.225 e. The number of furan rings is 1. The van der Waals surface area contributed by atoms with E-state index in [2.05, 4.69) is 0 Å². The van der Waals surface area contributed by atoms with Gasteiger partial charge in [-0.15, -0.1) is 23.5 Å². The zero-order chi connectivity index (χ0) is 10.6. The first kappa shape index (κ1) is 11.5. The molecule has 0 bridgehead atoms. The largest absolute Gasteiger partial charge is 0.461 e. The summed E-state index contributed by atoms with van der Waals surface area (Å²) in [5, 5.41) is 0. The molecule has 0 N–H and O–H groups in total. The molecule has 2 nitrogen and oxygen atoms in total. The Morgan fingerprint density at radius 1 is 1.36 bits per heavy atom. The normalized spacial score (nSPS) is 9.93. The van der Waals surface area contributed by atoms with E-state index < -0.39 is 0 Å². The average molecular weight is 228 g/mol. The van der Waals surface area contributed by atoms with Crippen LogP contribution in [0.2, 0.25) is 0 Å². The second kappa shape index (κ2) is 5.32. The number of carbonyl (C=O) groups is 1. The lowest BCUT2D eigenvalue weighted by Gasteiger charge is -2.03. The van der Waals surface area contributed by atoms with Gasteiger partial charge in [0.15, 0.2) is 5.76 Å². The summed E-state index contributed by atoms with van der Waals surface area (Å²) >= 11 is 3.17. The maximum absolute atomic E-state index is 11.8. The first-order valence-corrected chi connectivity index (χ1v) is 6.52. The van der Waals surface area contributed by atoms with Gasteiger partial charge in [0, 0.05) is 9.81 Å². The van der Waals surface area contributed by atoms with Crippen molar-refractivity contribution >= 4 is 29.3 Å². The molecule has 0 aromatic carbocycles. The number of thioether (sulfide) groups is 2. The van der Waals surface area contributed by atoms with Crippen molar-refractivity contribution < 1.29 is 9.21 Å². The van der Waals surface area contributed by atoms with Crippen molar-refractivity contribution in [2.45, 2.75) is 6.92 Å². The molecule has 4 heteroatoms. The monoisotopic (exact) mass is 228 g/mol. The van der Waals surface area contributed by atoms with Gasteiger partial charge in [-0.3, -0.25) is 4.79 Å². The van der Waals surface area contributed by atoms with Crippen molar-refractivity contribution in [3.05, 3.63) is 34.0 Å². The molecule has 0 aliphatic rings. The second-order valence-corrected chi connectivity index (χ2v) is 4.52. The number of carbonyl (C=O) groups excluding carboxylic acids is 1. The van der Waals surface area contributed by atoms with E-state index in [1.165, 1.54) is 6.26 Å². The Morgan fingerprint density at radius 3 is 2.43 bits per heavy atom. The minimum Gasteiger partial charge on any atom is -0.461 e. The van der Waals surface area contributed by atoms with Crippen molar-refractivity contribution in [3.8, 4) is 0 Å². The molecular weight excluding hydrogens is 216 g/mol. The number of hydrogen-bond acceptors (Lipinski definition) is 4. The summed E-state index contributed by atoms with van der Waals surface area (Å²) in [6.07, 6.45) is 5.44. The number of rotatable bonds is 4. The van der Waals surface area contributed by atoms with Crippen LogP contribution >= 0.6 is 23.5 Å². The Kier molecular flexibility index (Phi) is 4.35. The van der Waals surface area contributed by atoms with E-state index in [0.717, 1.165) is 9.81 Å². The fourth-order valence-corrected chi connectivity index (χ4v) is 2.54. The number of ketones is 1. The minimum atomic E-state index is -0.0336. The molecule has 0 radical (unpaired) electrons. The first-order valence-electron chi connectivity index (χ1n) is 4.07. The SMILES string of the molecule is CSC(SC)=C(C)C(=O)c1ccco1. The third kappa shape index (κ3) is 2.45. The highest BCUT2D eigenvalue weighted by atomic mass is 32.2. The summed E-state index contributed by atoms with van der Waals surface area (Å²) in [5.74, 6) is 0.372. The molecule has 14 heavy (non-hydrogen) atoms. The van der Waals surface area contributed by atoms with Gasteiger partial charge in [-0.25, -0.2) is 0 Å². The second-order valence-electron chi connectivity index (χ2n) is 2.63.